The molecule has 2 aromatic rings. The molecule has 1 atom stereocenters. The smallest absolute Gasteiger partial charge is 0.264 e. The van der Waals surface area contributed by atoms with Gasteiger partial charge in [-0.2, -0.15) is 0 Å². The van der Waals surface area contributed by atoms with E-state index in [1.165, 1.54) is 16.4 Å². The van der Waals surface area contributed by atoms with Crippen LogP contribution in [-0.2, 0) is 14.8 Å². The van der Waals surface area contributed by atoms with E-state index in [1.807, 2.05) is 6.92 Å². The predicted octanol–water partition coefficient (Wildman–Crippen LogP) is 3.85. The average molecular weight is 437 g/mol. The summed E-state index contributed by atoms with van der Waals surface area (Å²) in [5, 5.41) is 3.30. The van der Waals surface area contributed by atoms with Crippen molar-refractivity contribution in [1.82, 2.24) is 5.32 Å². The molecular formula is C21H25ClN2O4S. The molecule has 0 bridgehead atoms. The molecule has 29 heavy (non-hydrogen) atoms. The summed E-state index contributed by atoms with van der Waals surface area (Å²) in [6, 6.07) is 12.9. The van der Waals surface area contributed by atoms with Gasteiger partial charge in [0, 0.05) is 24.0 Å². The first-order chi connectivity index (χ1) is 13.8. The van der Waals surface area contributed by atoms with Crippen molar-refractivity contribution in [1.29, 1.82) is 0 Å². The Bertz CT molecular complexity index is 959. The Balaban J connectivity index is 1.83. The van der Waals surface area contributed by atoms with Crippen LogP contribution in [0.3, 0.4) is 0 Å². The highest BCUT2D eigenvalue weighted by Crippen LogP contribution is 2.32. The number of nitrogens with zero attached hydrogens (tertiary/aromatic N) is 1. The van der Waals surface area contributed by atoms with Gasteiger partial charge in [-0.25, -0.2) is 8.42 Å². The number of sulfonamides is 1. The molecule has 1 aliphatic carbocycles. The van der Waals surface area contributed by atoms with Gasteiger partial charge in [-0.1, -0.05) is 17.7 Å². The minimum Gasteiger partial charge on any atom is -0.497 e. The van der Waals surface area contributed by atoms with E-state index in [9.17, 15) is 13.2 Å². The molecule has 0 saturated heterocycles. The normalized spacial score (nSPS) is 14.9. The average Bonchev–Trinajstić information content (AvgIpc) is 3.54. The topological polar surface area (TPSA) is 75.7 Å². The van der Waals surface area contributed by atoms with Crippen LogP contribution in [0.15, 0.2) is 53.4 Å². The standard InChI is InChI=1S/C21H25ClN2O4S/c1-15(16-6-7-16)23-21(25)12-13-24(18-8-10-19(28-2)11-9-18)29(26,27)20-5-3-4-17(22)14-20/h3-5,8-11,14-16H,6-7,12-13H2,1-2H3,(H,23,25). The molecule has 1 saturated carbocycles. The summed E-state index contributed by atoms with van der Waals surface area (Å²) < 4.78 is 33.0. The summed E-state index contributed by atoms with van der Waals surface area (Å²) in [6.07, 6.45) is 2.31. The molecule has 0 heterocycles. The van der Waals surface area contributed by atoms with Crippen molar-refractivity contribution in [3.05, 3.63) is 53.6 Å². The Kier molecular flexibility index (Phi) is 6.70. The zero-order valence-electron chi connectivity index (χ0n) is 16.5. The van der Waals surface area contributed by atoms with E-state index in [4.69, 9.17) is 16.3 Å². The quantitative estimate of drug-likeness (QED) is 0.647. The van der Waals surface area contributed by atoms with Gasteiger partial charge in [-0.15, -0.1) is 0 Å². The van der Waals surface area contributed by atoms with Crippen LogP contribution in [0.25, 0.3) is 0 Å². The number of methoxy groups -OCH3 is 1. The monoisotopic (exact) mass is 436 g/mol. The van der Waals surface area contributed by atoms with Crippen molar-refractivity contribution < 1.29 is 17.9 Å². The molecule has 1 N–H and O–H groups in total. The molecule has 1 fully saturated rings. The number of nitrogens with one attached hydrogen (secondary N) is 1. The lowest BCUT2D eigenvalue weighted by Gasteiger charge is -2.25. The first kappa shape index (κ1) is 21.5. The van der Waals surface area contributed by atoms with Crippen LogP contribution < -0.4 is 14.4 Å². The number of ether oxygens (including phenoxy) is 1. The first-order valence-electron chi connectivity index (χ1n) is 9.53. The third kappa shape index (κ3) is 5.42. The second kappa shape index (κ2) is 9.05. The fraction of sp³-hybridized carbons (Fsp3) is 0.381. The number of carbonyl (C=O) groups is 1. The van der Waals surface area contributed by atoms with Crippen molar-refractivity contribution in [2.24, 2.45) is 5.92 Å². The lowest BCUT2D eigenvalue weighted by Crippen LogP contribution is -2.38. The van der Waals surface area contributed by atoms with Crippen LogP contribution in [-0.4, -0.2) is 34.0 Å². The summed E-state index contributed by atoms with van der Waals surface area (Å²) in [6.45, 7) is 2.00. The SMILES string of the molecule is COc1ccc(N(CCC(=O)NC(C)C2CC2)S(=O)(=O)c2cccc(Cl)c2)cc1. The van der Waals surface area contributed by atoms with Crippen LogP contribution in [0, 0.1) is 5.92 Å². The zero-order valence-corrected chi connectivity index (χ0v) is 18.0. The lowest BCUT2D eigenvalue weighted by atomic mass is 10.2. The minimum absolute atomic E-state index is 0.0182. The Morgan fingerprint density at radius 1 is 1.24 bits per heavy atom. The maximum absolute atomic E-state index is 13.3. The van der Waals surface area contributed by atoms with E-state index in [1.54, 1.807) is 43.5 Å². The van der Waals surface area contributed by atoms with E-state index >= 15 is 0 Å². The van der Waals surface area contributed by atoms with Crippen molar-refractivity contribution in [2.75, 3.05) is 18.0 Å². The van der Waals surface area contributed by atoms with Gasteiger partial charge in [-0.05, 0) is 68.1 Å². The number of halogens is 1. The van der Waals surface area contributed by atoms with E-state index in [2.05, 4.69) is 5.32 Å². The molecule has 0 spiro atoms. The number of carbonyl (C=O) groups excluding carboxylic acids is 1. The molecule has 1 aliphatic rings. The summed E-state index contributed by atoms with van der Waals surface area (Å²) in [5.74, 6) is 0.987. The molecule has 0 aromatic heterocycles. The van der Waals surface area contributed by atoms with E-state index in [-0.39, 0.29) is 29.8 Å². The van der Waals surface area contributed by atoms with Gasteiger partial charge in [0.1, 0.15) is 5.75 Å². The van der Waals surface area contributed by atoms with Crippen molar-refractivity contribution >= 4 is 33.2 Å². The molecule has 8 heteroatoms. The summed E-state index contributed by atoms with van der Waals surface area (Å²) in [4.78, 5) is 12.4. The van der Waals surface area contributed by atoms with Gasteiger partial charge in [0.05, 0.1) is 17.7 Å². The van der Waals surface area contributed by atoms with E-state index in [0.29, 0.717) is 22.4 Å². The largest absolute Gasteiger partial charge is 0.497 e. The third-order valence-corrected chi connectivity index (χ3v) is 7.06. The van der Waals surface area contributed by atoms with Crippen molar-refractivity contribution in [3.8, 4) is 5.75 Å². The number of hydrogen-bond donors (Lipinski definition) is 1. The van der Waals surface area contributed by atoms with E-state index in [0.717, 1.165) is 12.8 Å². The highest BCUT2D eigenvalue weighted by molar-refractivity contribution is 7.92. The van der Waals surface area contributed by atoms with Crippen LogP contribution in [0.4, 0.5) is 5.69 Å². The maximum atomic E-state index is 13.3. The zero-order chi connectivity index (χ0) is 21.0. The van der Waals surface area contributed by atoms with Gasteiger partial charge in [0.2, 0.25) is 5.91 Å². The van der Waals surface area contributed by atoms with Gasteiger partial charge in [0.25, 0.3) is 10.0 Å². The Labute approximate surface area is 176 Å². The molecule has 3 rings (SSSR count). The van der Waals surface area contributed by atoms with Gasteiger partial charge in [0.15, 0.2) is 0 Å². The Morgan fingerprint density at radius 2 is 1.93 bits per heavy atom. The molecule has 0 aliphatic heterocycles. The fourth-order valence-corrected chi connectivity index (χ4v) is 4.90. The molecule has 0 radical (unpaired) electrons. The molecule has 6 nitrogen and oxygen atoms in total. The summed E-state index contributed by atoms with van der Waals surface area (Å²) in [5.41, 5.74) is 0.453. The summed E-state index contributed by atoms with van der Waals surface area (Å²) in [7, 11) is -2.35. The van der Waals surface area contributed by atoms with Crippen LogP contribution >= 0.6 is 11.6 Å². The molecular weight excluding hydrogens is 412 g/mol. The minimum atomic E-state index is -3.90. The number of benzene rings is 2. The second-order valence-electron chi connectivity index (χ2n) is 7.18. The number of amides is 1. The van der Waals surface area contributed by atoms with Gasteiger partial charge < -0.3 is 10.1 Å². The van der Waals surface area contributed by atoms with Crippen LogP contribution in [0.2, 0.25) is 5.02 Å². The van der Waals surface area contributed by atoms with E-state index < -0.39 is 10.0 Å². The Hall–Kier alpha value is -2.25. The van der Waals surface area contributed by atoms with Gasteiger partial charge in [-0.3, -0.25) is 9.10 Å². The number of rotatable bonds is 9. The van der Waals surface area contributed by atoms with Crippen LogP contribution in [0.1, 0.15) is 26.2 Å². The van der Waals surface area contributed by atoms with Crippen molar-refractivity contribution in [3.63, 3.8) is 0 Å². The molecule has 1 unspecified atom stereocenters. The van der Waals surface area contributed by atoms with Gasteiger partial charge >= 0.3 is 0 Å². The first-order valence-corrected chi connectivity index (χ1v) is 11.3. The predicted molar refractivity (Wildman–Crippen MR) is 114 cm³/mol. The third-order valence-electron chi connectivity index (χ3n) is 5.00. The lowest BCUT2D eigenvalue weighted by molar-refractivity contribution is -0.121. The highest BCUT2D eigenvalue weighted by atomic mass is 35.5. The van der Waals surface area contributed by atoms with Crippen molar-refractivity contribution in [2.45, 2.75) is 37.1 Å². The number of anilines is 1. The molecule has 2 aromatic carbocycles. The van der Waals surface area contributed by atoms with Crippen LogP contribution in [0.5, 0.6) is 5.75 Å². The molecule has 156 valence electrons. The number of hydrogen-bond acceptors (Lipinski definition) is 4. The Morgan fingerprint density at radius 3 is 2.52 bits per heavy atom. The highest BCUT2D eigenvalue weighted by Gasteiger charge is 2.30. The fourth-order valence-electron chi connectivity index (χ4n) is 3.13. The molecule has 1 amide bonds. The summed E-state index contributed by atoms with van der Waals surface area (Å²) >= 11 is 6.00. The second-order valence-corrected chi connectivity index (χ2v) is 9.47. The maximum Gasteiger partial charge on any atom is 0.264 e.